The van der Waals surface area contributed by atoms with Gasteiger partial charge in [-0.1, -0.05) is 57.9 Å². The number of likely N-dealkylation sites (tertiary alicyclic amines) is 1. The number of benzene rings is 2. The number of aliphatic hydroxyl groups is 1. The van der Waals surface area contributed by atoms with Crippen molar-refractivity contribution in [2.24, 2.45) is 0 Å². The van der Waals surface area contributed by atoms with Crippen LogP contribution in [0.15, 0.2) is 54.1 Å². The van der Waals surface area contributed by atoms with Crippen LogP contribution in [0.1, 0.15) is 68.7 Å². The summed E-state index contributed by atoms with van der Waals surface area (Å²) in [7, 11) is 0. The molecule has 0 aliphatic carbocycles. The minimum absolute atomic E-state index is 0.0117. The number of nitro groups is 1. The zero-order chi connectivity index (χ0) is 23.4. The number of amides is 1. The molecule has 7 nitrogen and oxygen atoms in total. The van der Waals surface area contributed by atoms with Crippen LogP contribution < -0.4 is 0 Å². The summed E-state index contributed by atoms with van der Waals surface area (Å²) in [4.78, 5) is 37.8. The fourth-order valence-electron chi connectivity index (χ4n) is 3.95. The van der Waals surface area contributed by atoms with E-state index in [0.29, 0.717) is 12.5 Å². The van der Waals surface area contributed by atoms with E-state index in [4.69, 9.17) is 0 Å². The van der Waals surface area contributed by atoms with Gasteiger partial charge in [0.25, 0.3) is 17.4 Å². The molecule has 3 rings (SSSR count). The van der Waals surface area contributed by atoms with Crippen molar-refractivity contribution in [3.8, 4) is 0 Å². The van der Waals surface area contributed by atoms with Gasteiger partial charge in [0, 0.05) is 24.2 Å². The average molecular weight is 437 g/mol. The lowest BCUT2D eigenvalue weighted by Crippen LogP contribution is -2.30. The Balaban J connectivity index is 2.09. The van der Waals surface area contributed by atoms with Crippen LogP contribution in [0, 0.1) is 10.1 Å². The molecular formula is C25H28N2O5. The van der Waals surface area contributed by atoms with Crippen molar-refractivity contribution in [2.45, 2.75) is 52.0 Å². The van der Waals surface area contributed by atoms with E-state index in [-0.39, 0.29) is 22.6 Å². The van der Waals surface area contributed by atoms with E-state index in [9.17, 15) is 24.8 Å². The van der Waals surface area contributed by atoms with Crippen molar-refractivity contribution >= 4 is 23.1 Å². The molecule has 7 heteroatoms. The molecule has 1 unspecified atom stereocenters. The van der Waals surface area contributed by atoms with Crippen LogP contribution in [-0.2, 0) is 9.59 Å². The van der Waals surface area contributed by atoms with Crippen LogP contribution in [0.5, 0.6) is 0 Å². The summed E-state index contributed by atoms with van der Waals surface area (Å²) in [6.45, 7) is 6.64. The van der Waals surface area contributed by atoms with Crippen molar-refractivity contribution in [2.75, 3.05) is 6.54 Å². The van der Waals surface area contributed by atoms with Crippen LogP contribution in [-0.4, -0.2) is 33.2 Å². The van der Waals surface area contributed by atoms with E-state index in [1.807, 2.05) is 24.3 Å². The lowest BCUT2D eigenvalue weighted by molar-refractivity contribution is -0.384. The Bertz CT molecular complexity index is 1040. The number of unbranched alkanes of at least 4 members (excludes halogenated alkanes) is 2. The van der Waals surface area contributed by atoms with Gasteiger partial charge in [-0.3, -0.25) is 19.7 Å². The van der Waals surface area contributed by atoms with Gasteiger partial charge >= 0.3 is 0 Å². The molecule has 2 aromatic carbocycles. The first kappa shape index (κ1) is 23.2. The predicted octanol–water partition coefficient (Wildman–Crippen LogP) is 5.33. The number of non-ortho nitro benzene ring substituents is 1. The third-order valence-electron chi connectivity index (χ3n) is 5.81. The van der Waals surface area contributed by atoms with E-state index in [1.54, 1.807) is 0 Å². The Morgan fingerprint density at radius 3 is 2.22 bits per heavy atom. The molecule has 1 heterocycles. The maximum atomic E-state index is 13.0. The normalized spacial score (nSPS) is 17.9. The summed E-state index contributed by atoms with van der Waals surface area (Å²) >= 11 is 0. The van der Waals surface area contributed by atoms with Gasteiger partial charge in [0.15, 0.2) is 0 Å². The number of carbonyl (C=O) groups is 2. The van der Waals surface area contributed by atoms with Gasteiger partial charge in [-0.25, -0.2) is 0 Å². The second-order valence-corrected chi connectivity index (χ2v) is 8.32. The third kappa shape index (κ3) is 4.56. The molecule has 2 aromatic rings. The van der Waals surface area contributed by atoms with Crippen molar-refractivity contribution < 1.29 is 19.6 Å². The lowest BCUT2D eigenvalue weighted by Gasteiger charge is -2.25. The summed E-state index contributed by atoms with van der Waals surface area (Å²) < 4.78 is 0. The Morgan fingerprint density at radius 2 is 1.69 bits per heavy atom. The summed E-state index contributed by atoms with van der Waals surface area (Å²) in [6.07, 6.45) is 2.65. The van der Waals surface area contributed by atoms with E-state index >= 15 is 0 Å². The van der Waals surface area contributed by atoms with Gasteiger partial charge in [-0.15, -0.1) is 0 Å². The summed E-state index contributed by atoms with van der Waals surface area (Å²) in [6, 6.07) is 12.3. The fourth-order valence-corrected chi connectivity index (χ4v) is 3.95. The molecule has 1 fully saturated rings. The number of nitro benzene ring substituents is 1. The molecular weight excluding hydrogens is 408 g/mol. The van der Waals surface area contributed by atoms with E-state index < -0.39 is 22.7 Å². The highest BCUT2D eigenvalue weighted by atomic mass is 16.6. The highest BCUT2D eigenvalue weighted by Gasteiger charge is 2.45. The molecule has 0 bridgehead atoms. The van der Waals surface area contributed by atoms with Gasteiger partial charge in [-0.2, -0.15) is 0 Å². The first-order valence-electron chi connectivity index (χ1n) is 10.9. The number of hydrogen-bond donors (Lipinski definition) is 1. The Labute approximate surface area is 187 Å². The second kappa shape index (κ2) is 9.77. The van der Waals surface area contributed by atoms with Crippen molar-refractivity contribution in [3.63, 3.8) is 0 Å². The highest BCUT2D eigenvalue weighted by molar-refractivity contribution is 6.46. The summed E-state index contributed by atoms with van der Waals surface area (Å²) in [5, 5.41) is 22.0. The van der Waals surface area contributed by atoms with E-state index in [2.05, 4.69) is 20.8 Å². The zero-order valence-electron chi connectivity index (χ0n) is 18.6. The van der Waals surface area contributed by atoms with Crippen LogP contribution in [0.25, 0.3) is 5.76 Å². The first-order chi connectivity index (χ1) is 15.3. The smallest absolute Gasteiger partial charge is 0.295 e. The van der Waals surface area contributed by atoms with Gasteiger partial charge in [0.2, 0.25) is 0 Å². The van der Waals surface area contributed by atoms with Crippen LogP contribution in [0.3, 0.4) is 0 Å². The first-order valence-corrected chi connectivity index (χ1v) is 10.9. The minimum atomic E-state index is -0.740. The van der Waals surface area contributed by atoms with Gasteiger partial charge in [0.05, 0.1) is 16.5 Å². The maximum Gasteiger partial charge on any atom is 0.295 e. The summed E-state index contributed by atoms with van der Waals surface area (Å²) in [5.41, 5.74) is 2.02. The number of Topliss-reactive ketones (excluding diaryl/α,β-unsaturated/α-hetero) is 1. The number of carbonyl (C=O) groups excluding carboxylic acids is 2. The maximum absolute atomic E-state index is 13.0. The molecule has 1 aliphatic heterocycles. The molecule has 1 saturated heterocycles. The van der Waals surface area contributed by atoms with Crippen LogP contribution in [0.2, 0.25) is 0 Å². The molecule has 0 aromatic heterocycles. The highest BCUT2D eigenvalue weighted by Crippen LogP contribution is 2.40. The van der Waals surface area contributed by atoms with Gasteiger partial charge in [-0.05, 0) is 35.6 Å². The molecule has 32 heavy (non-hydrogen) atoms. The van der Waals surface area contributed by atoms with Crippen LogP contribution in [0.4, 0.5) is 5.69 Å². The number of rotatable bonds is 8. The Kier molecular flexibility index (Phi) is 7.08. The largest absolute Gasteiger partial charge is 0.507 e. The molecule has 1 atom stereocenters. The molecule has 1 aliphatic rings. The summed E-state index contributed by atoms with van der Waals surface area (Å²) in [5.74, 6) is -1.37. The third-order valence-corrected chi connectivity index (χ3v) is 5.81. The standard InChI is InChI=1S/C25H28N2O5/c1-4-5-6-15-26-22(18-9-7-17(8-10-18)16(2)3)21(24(29)25(26)30)23(28)19-11-13-20(14-12-19)27(31)32/h7-14,16,22,28H,4-6,15H2,1-3H3/b23-21-. The quantitative estimate of drug-likeness (QED) is 0.150. The monoisotopic (exact) mass is 436 g/mol. The van der Waals surface area contributed by atoms with Gasteiger partial charge < -0.3 is 10.0 Å². The van der Waals surface area contributed by atoms with E-state index in [1.165, 1.54) is 29.2 Å². The minimum Gasteiger partial charge on any atom is -0.507 e. The zero-order valence-corrected chi connectivity index (χ0v) is 18.6. The average Bonchev–Trinajstić information content (AvgIpc) is 3.04. The van der Waals surface area contributed by atoms with Crippen molar-refractivity contribution in [1.29, 1.82) is 0 Å². The second-order valence-electron chi connectivity index (χ2n) is 8.32. The predicted molar refractivity (Wildman–Crippen MR) is 122 cm³/mol. The molecule has 1 N–H and O–H groups in total. The topological polar surface area (TPSA) is 101 Å². The number of hydrogen-bond acceptors (Lipinski definition) is 5. The Morgan fingerprint density at radius 1 is 1.06 bits per heavy atom. The molecule has 1 amide bonds. The Hall–Kier alpha value is -3.48. The lowest BCUT2D eigenvalue weighted by atomic mass is 9.93. The molecule has 168 valence electrons. The van der Waals surface area contributed by atoms with Crippen molar-refractivity contribution in [3.05, 3.63) is 80.9 Å². The number of nitrogens with zero attached hydrogens (tertiary/aromatic N) is 2. The van der Waals surface area contributed by atoms with Crippen molar-refractivity contribution in [1.82, 2.24) is 4.90 Å². The number of aliphatic hydroxyl groups excluding tert-OH is 1. The fraction of sp³-hybridized carbons (Fsp3) is 0.360. The van der Waals surface area contributed by atoms with Crippen LogP contribution >= 0.6 is 0 Å². The molecule has 0 radical (unpaired) electrons. The molecule has 0 saturated carbocycles. The van der Waals surface area contributed by atoms with E-state index in [0.717, 1.165) is 30.4 Å². The SMILES string of the molecule is CCCCCN1C(=O)C(=O)/C(=C(\O)c2ccc([N+](=O)[O-])cc2)C1c1ccc(C(C)C)cc1. The number of ketones is 1. The molecule has 0 spiro atoms. The van der Waals surface area contributed by atoms with Gasteiger partial charge in [0.1, 0.15) is 5.76 Å².